The van der Waals surface area contributed by atoms with Crippen molar-refractivity contribution in [2.75, 3.05) is 44.2 Å². The monoisotopic (exact) mass is 416 g/mol. The second-order valence-corrected chi connectivity index (χ2v) is 8.35. The minimum atomic E-state index is -0.868. The molecule has 1 N–H and O–H groups in total. The second kappa shape index (κ2) is 8.65. The molecule has 1 unspecified atom stereocenters. The van der Waals surface area contributed by atoms with Crippen LogP contribution in [0.2, 0.25) is 0 Å². The average molecular weight is 417 g/mol. The molecule has 1 atom stereocenters. The van der Waals surface area contributed by atoms with Crippen LogP contribution in [0.3, 0.4) is 0 Å². The van der Waals surface area contributed by atoms with E-state index >= 15 is 0 Å². The fourth-order valence-corrected chi connectivity index (χ4v) is 4.78. The van der Waals surface area contributed by atoms with Crippen molar-refractivity contribution in [2.24, 2.45) is 0 Å². The molecule has 3 heterocycles. The summed E-state index contributed by atoms with van der Waals surface area (Å²) in [4.78, 5) is 23.9. The van der Waals surface area contributed by atoms with E-state index in [4.69, 9.17) is 0 Å². The molecule has 1 fully saturated rings. The van der Waals surface area contributed by atoms with E-state index in [9.17, 15) is 9.90 Å². The number of rotatable bonds is 6. The van der Waals surface area contributed by atoms with Gasteiger partial charge in [-0.05, 0) is 43.0 Å². The van der Waals surface area contributed by atoms with E-state index in [1.165, 1.54) is 0 Å². The van der Waals surface area contributed by atoms with Gasteiger partial charge in [-0.25, -0.2) is 4.98 Å². The molecule has 2 aromatic carbocycles. The Balaban J connectivity index is 1.14. The van der Waals surface area contributed by atoms with E-state index in [2.05, 4.69) is 20.9 Å². The Hall–Kier alpha value is -2.96. The van der Waals surface area contributed by atoms with Gasteiger partial charge in [-0.3, -0.25) is 9.69 Å². The van der Waals surface area contributed by atoms with Gasteiger partial charge in [0.2, 0.25) is 0 Å². The number of nitrogens with zero attached hydrogens (tertiary/aromatic N) is 4. The predicted molar refractivity (Wildman–Crippen MR) is 122 cm³/mol. The highest BCUT2D eigenvalue weighted by molar-refractivity contribution is 6.10. The molecule has 160 valence electrons. The largest absolute Gasteiger partial charge is 0.369 e. The van der Waals surface area contributed by atoms with Gasteiger partial charge in [0, 0.05) is 55.4 Å². The standard InChI is InChI=1S/C25H28N4O2/c30-24-20-9-5-7-19-8-6-10-21(23(19)20)25(31)29(24)14-4-3-13-27-15-17-28(18-16-27)22-11-1-2-12-26-22/h1-2,5-12,24,30H,3-4,13-18H2. The Morgan fingerprint density at radius 3 is 2.45 bits per heavy atom. The normalized spacial score (nSPS) is 19.3. The molecule has 0 bridgehead atoms. The number of aliphatic hydroxyl groups is 1. The minimum absolute atomic E-state index is 0.0687. The van der Waals surface area contributed by atoms with Crippen molar-refractivity contribution >= 4 is 22.5 Å². The molecular weight excluding hydrogens is 388 g/mol. The molecule has 1 saturated heterocycles. The van der Waals surface area contributed by atoms with Crippen LogP contribution in [0, 0.1) is 0 Å². The summed E-state index contributed by atoms with van der Waals surface area (Å²) < 4.78 is 0. The molecule has 0 aliphatic carbocycles. The third-order valence-electron chi connectivity index (χ3n) is 6.47. The van der Waals surface area contributed by atoms with Crippen LogP contribution in [0.5, 0.6) is 0 Å². The smallest absolute Gasteiger partial charge is 0.256 e. The lowest BCUT2D eigenvalue weighted by Crippen LogP contribution is -2.47. The molecule has 5 rings (SSSR count). The van der Waals surface area contributed by atoms with Crippen molar-refractivity contribution < 1.29 is 9.90 Å². The average Bonchev–Trinajstić information content (AvgIpc) is 2.83. The zero-order valence-corrected chi connectivity index (χ0v) is 17.7. The minimum Gasteiger partial charge on any atom is -0.369 e. The van der Waals surface area contributed by atoms with Crippen LogP contribution in [0.25, 0.3) is 10.8 Å². The highest BCUT2D eigenvalue weighted by atomic mass is 16.3. The van der Waals surface area contributed by atoms with E-state index in [-0.39, 0.29) is 5.91 Å². The van der Waals surface area contributed by atoms with Gasteiger partial charge < -0.3 is 14.9 Å². The number of aliphatic hydroxyl groups excluding tert-OH is 1. The van der Waals surface area contributed by atoms with Crippen molar-refractivity contribution in [3.05, 3.63) is 71.9 Å². The Morgan fingerprint density at radius 2 is 1.68 bits per heavy atom. The second-order valence-electron chi connectivity index (χ2n) is 8.35. The van der Waals surface area contributed by atoms with Gasteiger partial charge in [-0.2, -0.15) is 0 Å². The van der Waals surface area contributed by atoms with E-state index in [1.54, 1.807) is 4.90 Å². The van der Waals surface area contributed by atoms with Crippen LogP contribution in [0.15, 0.2) is 60.8 Å². The molecule has 1 amide bonds. The lowest BCUT2D eigenvalue weighted by molar-refractivity contribution is 0.00398. The van der Waals surface area contributed by atoms with E-state index in [0.29, 0.717) is 12.1 Å². The fraction of sp³-hybridized carbons (Fsp3) is 0.360. The molecule has 0 radical (unpaired) electrons. The van der Waals surface area contributed by atoms with Gasteiger partial charge in [0.05, 0.1) is 0 Å². The number of aromatic nitrogens is 1. The van der Waals surface area contributed by atoms with Crippen LogP contribution in [0.4, 0.5) is 5.82 Å². The van der Waals surface area contributed by atoms with Gasteiger partial charge in [0.25, 0.3) is 5.91 Å². The first kappa shape index (κ1) is 20.0. The maximum absolute atomic E-state index is 13.0. The van der Waals surface area contributed by atoms with Crippen molar-refractivity contribution in [3.63, 3.8) is 0 Å². The van der Waals surface area contributed by atoms with E-state index in [0.717, 1.165) is 67.7 Å². The molecule has 0 saturated carbocycles. The summed E-state index contributed by atoms with van der Waals surface area (Å²) in [5.74, 6) is 0.982. The van der Waals surface area contributed by atoms with Crippen LogP contribution < -0.4 is 4.90 Å². The first-order valence-corrected chi connectivity index (χ1v) is 11.1. The number of benzene rings is 2. The van der Waals surface area contributed by atoms with Crippen LogP contribution in [0.1, 0.15) is 35.0 Å². The lowest BCUT2D eigenvalue weighted by atomic mass is 9.93. The van der Waals surface area contributed by atoms with Crippen molar-refractivity contribution in [3.8, 4) is 0 Å². The molecule has 0 spiro atoms. The highest BCUT2D eigenvalue weighted by Gasteiger charge is 2.32. The molecule has 6 heteroatoms. The number of piperazine rings is 1. The number of pyridine rings is 1. The van der Waals surface area contributed by atoms with Crippen molar-refractivity contribution in [1.82, 2.24) is 14.8 Å². The van der Waals surface area contributed by atoms with Gasteiger partial charge in [0.15, 0.2) is 6.23 Å². The third-order valence-corrected chi connectivity index (χ3v) is 6.47. The summed E-state index contributed by atoms with van der Waals surface area (Å²) in [6, 6.07) is 17.7. The summed E-state index contributed by atoms with van der Waals surface area (Å²) in [7, 11) is 0. The fourth-order valence-electron chi connectivity index (χ4n) is 4.78. The summed E-state index contributed by atoms with van der Waals surface area (Å²) in [5.41, 5.74) is 1.53. The molecule has 1 aromatic heterocycles. The molecular formula is C25H28N4O2. The van der Waals surface area contributed by atoms with Crippen molar-refractivity contribution in [1.29, 1.82) is 0 Å². The summed E-state index contributed by atoms with van der Waals surface area (Å²) >= 11 is 0. The number of amides is 1. The van der Waals surface area contributed by atoms with Gasteiger partial charge >= 0.3 is 0 Å². The Labute approximate surface area is 182 Å². The molecule has 6 nitrogen and oxygen atoms in total. The topological polar surface area (TPSA) is 59.9 Å². The van der Waals surface area contributed by atoms with Crippen LogP contribution in [-0.2, 0) is 0 Å². The van der Waals surface area contributed by atoms with Crippen LogP contribution in [-0.4, -0.2) is 65.1 Å². The SMILES string of the molecule is O=C1c2cccc3cccc(c23)C(O)N1CCCCN1CCN(c2ccccn2)CC1. The van der Waals surface area contributed by atoms with E-state index in [1.807, 2.05) is 54.7 Å². The number of hydrogen-bond donors (Lipinski definition) is 1. The summed E-state index contributed by atoms with van der Waals surface area (Å²) in [6.07, 6.45) is 2.86. The summed E-state index contributed by atoms with van der Waals surface area (Å²) in [6.45, 7) is 5.61. The number of hydrogen-bond acceptors (Lipinski definition) is 5. The Morgan fingerprint density at radius 1 is 0.903 bits per heavy atom. The Kier molecular flexibility index (Phi) is 5.57. The zero-order chi connectivity index (χ0) is 21.2. The van der Waals surface area contributed by atoms with E-state index < -0.39 is 6.23 Å². The maximum atomic E-state index is 13.0. The van der Waals surface area contributed by atoms with Gasteiger partial charge in [-0.15, -0.1) is 0 Å². The maximum Gasteiger partial charge on any atom is 0.256 e. The Bertz CT molecular complexity index is 1060. The molecule has 3 aromatic rings. The van der Waals surface area contributed by atoms with Gasteiger partial charge in [0.1, 0.15) is 5.82 Å². The first-order chi connectivity index (χ1) is 15.2. The first-order valence-electron chi connectivity index (χ1n) is 11.1. The predicted octanol–water partition coefficient (Wildman–Crippen LogP) is 3.28. The quantitative estimate of drug-likeness (QED) is 0.625. The summed E-state index contributed by atoms with van der Waals surface area (Å²) in [5, 5.41) is 12.8. The van der Waals surface area contributed by atoms with Crippen molar-refractivity contribution in [2.45, 2.75) is 19.1 Å². The number of anilines is 1. The molecule has 2 aliphatic heterocycles. The number of carbonyl (C=O) groups excluding carboxylic acids is 1. The third kappa shape index (κ3) is 3.89. The highest BCUT2D eigenvalue weighted by Crippen LogP contribution is 2.35. The molecule has 2 aliphatic rings. The molecule has 31 heavy (non-hydrogen) atoms. The zero-order valence-electron chi connectivity index (χ0n) is 17.7. The van der Waals surface area contributed by atoms with Gasteiger partial charge in [-0.1, -0.05) is 36.4 Å². The number of unbranched alkanes of at least 4 members (excludes halogenated alkanes) is 1. The lowest BCUT2D eigenvalue weighted by Gasteiger charge is -2.36. The number of carbonyl (C=O) groups is 1. The van der Waals surface area contributed by atoms with Crippen LogP contribution >= 0.6 is 0 Å².